The van der Waals surface area contributed by atoms with Crippen molar-refractivity contribution in [1.82, 2.24) is 29.1 Å². The molecule has 0 spiro atoms. The molecule has 0 unspecified atom stereocenters. The first-order valence-electron chi connectivity index (χ1n) is 10.6. The molecule has 0 aliphatic heterocycles. The van der Waals surface area contributed by atoms with Crippen LogP contribution in [0.3, 0.4) is 0 Å². The van der Waals surface area contributed by atoms with E-state index in [2.05, 4.69) is 20.1 Å². The average molecular weight is 430 g/mol. The quantitative estimate of drug-likeness (QED) is 0.429. The molecule has 8 nitrogen and oxygen atoms in total. The van der Waals surface area contributed by atoms with Gasteiger partial charge in [0.15, 0.2) is 11.5 Å². The molecule has 6 rings (SSSR count). The molecule has 1 saturated carbocycles. The van der Waals surface area contributed by atoms with E-state index < -0.39 is 5.82 Å². The second-order valence-electron chi connectivity index (χ2n) is 8.10. The lowest BCUT2D eigenvalue weighted by molar-refractivity contribution is 0.415. The van der Waals surface area contributed by atoms with Crippen LogP contribution in [-0.2, 0) is 6.54 Å². The lowest BCUT2D eigenvalue weighted by Crippen LogP contribution is -2.24. The van der Waals surface area contributed by atoms with Gasteiger partial charge in [-0.1, -0.05) is 24.1 Å². The minimum absolute atomic E-state index is 0.192. The third kappa shape index (κ3) is 3.00. The lowest BCUT2D eigenvalue weighted by Gasteiger charge is -2.12. The highest BCUT2D eigenvalue weighted by Gasteiger charge is 2.26. The van der Waals surface area contributed by atoms with Crippen molar-refractivity contribution in [1.29, 1.82) is 0 Å². The van der Waals surface area contributed by atoms with Crippen LogP contribution in [0.15, 0.2) is 58.2 Å². The van der Waals surface area contributed by atoms with Crippen LogP contribution in [-0.4, -0.2) is 29.1 Å². The average Bonchev–Trinajstić information content (AvgIpc) is 3.57. The topological polar surface area (TPSA) is 91.1 Å². The van der Waals surface area contributed by atoms with Crippen LogP contribution in [0, 0.1) is 5.82 Å². The van der Waals surface area contributed by atoms with Crippen molar-refractivity contribution in [2.24, 2.45) is 0 Å². The molecule has 0 bridgehead atoms. The fourth-order valence-corrected chi connectivity index (χ4v) is 4.54. The van der Waals surface area contributed by atoms with Gasteiger partial charge in [0.2, 0.25) is 0 Å². The van der Waals surface area contributed by atoms with Crippen LogP contribution in [0.2, 0.25) is 0 Å². The van der Waals surface area contributed by atoms with Gasteiger partial charge in [-0.25, -0.2) is 9.37 Å². The summed E-state index contributed by atoms with van der Waals surface area (Å²) in [5.41, 5.74) is 2.09. The van der Waals surface area contributed by atoms with Crippen molar-refractivity contribution in [2.45, 2.75) is 38.1 Å². The highest BCUT2D eigenvalue weighted by molar-refractivity contribution is 5.83. The zero-order chi connectivity index (χ0) is 21.7. The van der Waals surface area contributed by atoms with Crippen LogP contribution < -0.4 is 5.56 Å². The zero-order valence-corrected chi connectivity index (χ0v) is 17.1. The first kappa shape index (κ1) is 18.9. The zero-order valence-electron chi connectivity index (χ0n) is 17.1. The molecule has 160 valence electrons. The summed E-state index contributed by atoms with van der Waals surface area (Å²) in [6.45, 7) is 0.192. The van der Waals surface area contributed by atoms with E-state index in [4.69, 9.17) is 4.52 Å². The van der Waals surface area contributed by atoms with E-state index >= 15 is 0 Å². The molecular weight excluding hydrogens is 411 g/mol. The Kier molecular flexibility index (Phi) is 4.34. The first-order valence-corrected chi connectivity index (χ1v) is 10.6. The maximum absolute atomic E-state index is 14.1. The Hall–Kier alpha value is -3.88. The normalized spacial score (nSPS) is 14.7. The van der Waals surface area contributed by atoms with Crippen LogP contribution in [0.25, 0.3) is 28.1 Å². The predicted octanol–water partition coefficient (Wildman–Crippen LogP) is 3.94. The fourth-order valence-electron chi connectivity index (χ4n) is 4.54. The SMILES string of the molecule is O=c1c2c(-c3nc(C4CCCC4)no3)ncn2c2ccc(F)cc2n1Cc1ccccn1. The number of halogens is 1. The standard InChI is InChI=1S/C23H19FN6O2/c24-15-8-9-17-18(11-15)29(12-16-7-3-4-10-25-16)23(31)20-19(26-13-30(17)20)22-27-21(28-32-22)14-5-1-2-6-14/h3-4,7-11,13-14H,1-2,5-6,12H2. The molecule has 0 amide bonds. The maximum atomic E-state index is 14.1. The van der Waals surface area contributed by atoms with E-state index in [1.54, 1.807) is 22.7 Å². The Bertz CT molecular complexity index is 1500. The predicted molar refractivity (Wildman–Crippen MR) is 115 cm³/mol. The summed E-state index contributed by atoms with van der Waals surface area (Å²) in [4.78, 5) is 27.0. The van der Waals surface area contributed by atoms with Gasteiger partial charge in [0.25, 0.3) is 11.4 Å². The molecule has 0 atom stereocenters. The Morgan fingerprint density at radius 3 is 2.78 bits per heavy atom. The highest BCUT2D eigenvalue weighted by atomic mass is 19.1. The summed E-state index contributed by atoms with van der Waals surface area (Å²) in [6, 6.07) is 9.83. The fraction of sp³-hybridized carbons (Fsp3) is 0.261. The van der Waals surface area contributed by atoms with Gasteiger partial charge in [0.05, 0.1) is 23.3 Å². The monoisotopic (exact) mass is 430 g/mol. The lowest BCUT2D eigenvalue weighted by atomic mass is 10.1. The van der Waals surface area contributed by atoms with Crippen LogP contribution in [0.1, 0.15) is 43.1 Å². The van der Waals surface area contributed by atoms with E-state index in [0.29, 0.717) is 33.8 Å². The minimum atomic E-state index is -0.426. The van der Waals surface area contributed by atoms with E-state index in [9.17, 15) is 9.18 Å². The summed E-state index contributed by atoms with van der Waals surface area (Å²) in [5, 5.41) is 4.15. The summed E-state index contributed by atoms with van der Waals surface area (Å²) < 4.78 is 22.8. The number of aromatic nitrogens is 6. The summed E-state index contributed by atoms with van der Waals surface area (Å²) >= 11 is 0. The Morgan fingerprint density at radius 2 is 1.97 bits per heavy atom. The number of fused-ring (bicyclic) bond motifs is 3. The largest absolute Gasteiger partial charge is 0.332 e. The van der Waals surface area contributed by atoms with Crippen molar-refractivity contribution < 1.29 is 8.91 Å². The minimum Gasteiger partial charge on any atom is -0.332 e. The third-order valence-electron chi connectivity index (χ3n) is 6.11. The van der Waals surface area contributed by atoms with Gasteiger partial charge in [-0.3, -0.25) is 18.7 Å². The molecule has 1 aliphatic rings. The van der Waals surface area contributed by atoms with Crippen LogP contribution in [0.5, 0.6) is 0 Å². The second-order valence-corrected chi connectivity index (χ2v) is 8.10. The summed E-state index contributed by atoms with van der Waals surface area (Å²) in [7, 11) is 0. The molecule has 0 N–H and O–H groups in total. The molecular formula is C23H19FN6O2. The van der Waals surface area contributed by atoms with Gasteiger partial charge in [-0.05, 0) is 43.2 Å². The second kappa shape index (κ2) is 7.37. The van der Waals surface area contributed by atoms with E-state index in [1.165, 1.54) is 23.0 Å². The highest BCUT2D eigenvalue weighted by Crippen LogP contribution is 2.33. The van der Waals surface area contributed by atoms with E-state index in [1.807, 2.05) is 12.1 Å². The third-order valence-corrected chi connectivity index (χ3v) is 6.11. The Balaban J connectivity index is 1.57. The van der Waals surface area contributed by atoms with Crippen molar-refractivity contribution >= 4 is 16.6 Å². The molecule has 1 fully saturated rings. The maximum Gasteiger partial charge on any atom is 0.278 e. The van der Waals surface area contributed by atoms with Crippen LogP contribution >= 0.6 is 0 Å². The molecule has 9 heteroatoms. The van der Waals surface area contributed by atoms with Crippen molar-refractivity contribution in [3.05, 3.63) is 76.6 Å². The van der Waals surface area contributed by atoms with Crippen LogP contribution in [0.4, 0.5) is 4.39 Å². The van der Waals surface area contributed by atoms with Gasteiger partial charge >= 0.3 is 0 Å². The number of imidazole rings is 1. The van der Waals surface area contributed by atoms with Gasteiger partial charge in [-0.15, -0.1) is 0 Å². The first-order chi connectivity index (χ1) is 15.7. The van der Waals surface area contributed by atoms with E-state index in [0.717, 1.165) is 25.7 Å². The molecule has 4 aromatic heterocycles. The molecule has 5 aromatic rings. The smallest absolute Gasteiger partial charge is 0.278 e. The molecule has 1 aliphatic carbocycles. The molecule has 0 saturated heterocycles. The Labute approximate surface area is 181 Å². The molecule has 1 aromatic carbocycles. The van der Waals surface area contributed by atoms with Gasteiger partial charge in [-0.2, -0.15) is 4.98 Å². The number of pyridine rings is 1. The number of rotatable bonds is 4. The van der Waals surface area contributed by atoms with Gasteiger partial charge in [0, 0.05) is 12.1 Å². The summed E-state index contributed by atoms with van der Waals surface area (Å²) in [5.74, 6) is 0.739. The number of nitrogens with zero attached hydrogens (tertiary/aromatic N) is 6. The molecule has 4 heterocycles. The Morgan fingerprint density at radius 1 is 1.09 bits per heavy atom. The number of benzene rings is 1. The van der Waals surface area contributed by atoms with E-state index in [-0.39, 0.29) is 23.9 Å². The van der Waals surface area contributed by atoms with Gasteiger partial charge in [0.1, 0.15) is 17.7 Å². The van der Waals surface area contributed by atoms with Crippen molar-refractivity contribution in [3.8, 4) is 11.6 Å². The summed E-state index contributed by atoms with van der Waals surface area (Å²) in [6.07, 6.45) is 7.59. The van der Waals surface area contributed by atoms with Crippen molar-refractivity contribution in [3.63, 3.8) is 0 Å². The molecule has 32 heavy (non-hydrogen) atoms. The number of hydrogen-bond donors (Lipinski definition) is 0. The molecule has 0 radical (unpaired) electrons. The number of hydrogen-bond acceptors (Lipinski definition) is 6. The van der Waals surface area contributed by atoms with Crippen molar-refractivity contribution in [2.75, 3.05) is 0 Å². The van der Waals surface area contributed by atoms with Gasteiger partial charge < -0.3 is 4.52 Å².